The van der Waals surface area contributed by atoms with Crippen LogP contribution in [0.15, 0.2) is 35.5 Å². The first kappa shape index (κ1) is 17.2. The summed E-state index contributed by atoms with van der Waals surface area (Å²) in [4.78, 5) is -0.498. The van der Waals surface area contributed by atoms with Gasteiger partial charge in [0, 0.05) is 30.6 Å². The van der Waals surface area contributed by atoms with Gasteiger partial charge in [0.05, 0.1) is 20.8 Å². The molecule has 0 aliphatic carbocycles. The highest BCUT2D eigenvalue weighted by Crippen LogP contribution is 2.31. The van der Waals surface area contributed by atoms with Gasteiger partial charge in [-0.3, -0.25) is 4.68 Å². The number of benzene rings is 1. The fraction of sp³-hybridized carbons (Fsp3) is 0.357. The lowest BCUT2D eigenvalue weighted by molar-refractivity contribution is 0.350. The summed E-state index contributed by atoms with van der Waals surface area (Å²) in [6, 6.07) is 3.32. The van der Waals surface area contributed by atoms with E-state index in [1.807, 2.05) is 0 Å². The van der Waals surface area contributed by atoms with E-state index in [-0.39, 0.29) is 11.5 Å². The minimum Gasteiger partial charge on any atom is -0.493 e. The lowest BCUT2D eigenvalue weighted by Gasteiger charge is -2.16. The summed E-state index contributed by atoms with van der Waals surface area (Å²) in [5.41, 5.74) is 0. The molecule has 0 saturated carbocycles. The van der Waals surface area contributed by atoms with Gasteiger partial charge in [-0.05, 0) is 13.0 Å². The van der Waals surface area contributed by atoms with Crippen molar-refractivity contribution in [1.29, 1.82) is 0 Å². The summed E-state index contributed by atoms with van der Waals surface area (Å²) in [5, 5.41) is 4.00. The van der Waals surface area contributed by atoms with Crippen LogP contribution in [-0.4, -0.2) is 38.5 Å². The molecule has 0 amide bonds. The molecule has 9 heteroatoms. The molecule has 1 aromatic carbocycles. The zero-order valence-electron chi connectivity index (χ0n) is 13.0. The Kier molecular flexibility index (Phi) is 5.22. The molecule has 1 heterocycles. The van der Waals surface area contributed by atoms with Crippen LogP contribution in [0.4, 0.5) is 4.39 Å². The largest absolute Gasteiger partial charge is 0.493 e. The first-order valence-corrected chi connectivity index (χ1v) is 8.27. The van der Waals surface area contributed by atoms with Crippen molar-refractivity contribution in [2.24, 2.45) is 0 Å². The van der Waals surface area contributed by atoms with Gasteiger partial charge in [0.25, 0.3) is 0 Å². The predicted octanol–water partition coefficient (Wildman–Crippen LogP) is 1.41. The number of halogens is 1. The normalized spacial score (nSPS) is 12.9. The van der Waals surface area contributed by atoms with Crippen molar-refractivity contribution < 1.29 is 22.3 Å². The molecular formula is C14H18FN3O4S. The number of sulfonamides is 1. The monoisotopic (exact) mass is 343 g/mol. The van der Waals surface area contributed by atoms with Gasteiger partial charge >= 0.3 is 0 Å². The molecule has 0 spiro atoms. The second-order valence-electron chi connectivity index (χ2n) is 4.89. The molecule has 1 N–H and O–H groups in total. The third-order valence-corrected chi connectivity index (χ3v) is 4.71. The first-order chi connectivity index (χ1) is 10.9. The van der Waals surface area contributed by atoms with E-state index < -0.39 is 26.8 Å². The van der Waals surface area contributed by atoms with E-state index in [1.54, 1.807) is 30.1 Å². The van der Waals surface area contributed by atoms with Crippen molar-refractivity contribution >= 4 is 10.0 Å². The second kappa shape index (κ2) is 6.97. The van der Waals surface area contributed by atoms with Crippen molar-refractivity contribution in [3.8, 4) is 11.5 Å². The van der Waals surface area contributed by atoms with Gasteiger partial charge in [-0.1, -0.05) is 0 Å². The van der Waals surface area contributed by atoms with Crippen molar-refractivity contribution in [2.45, 2.75) is 24.4 Å². The van der Waals surface area contributed by atoms with E-state index in [0.29, 0.717) is 6.54 Å². The van der Waals surface area contributed by atoms with E-state index in [9.17, 15) is 12.8 Å². The number of nitrogens with zero attached hydrogens (tertiary/aromatic N) is 2. The Balaban J connectivity index is 2.25. The van der Waals surface area contributed by atoms with Crippen LogP contribution in [0.25, 0.3) is 0 Å². The minimum absolute atomic E-state index is 0.119. The zero-order valence-corrected chi connectivity index (χ0v) is 13.8. The summed E-state index contributed by atoms with van der Waals surface area (Å²) >= 11 is 0. The molecule has 2 rings (SSSR count). The molecule has 0 unspecified atom stereocenters. The Morgan fingerprint density at radius 3 is 2.52 bits per heavy atom. The maximum atomic E-state index is 14.1. The lowest BCUT2D eigenvalue weighted by atomic mass is 10.3. The van der Waals surface area contributed by atoms with Crippen LogP contribution in [0.5, 0.6) is 11.5 Å². The van der Waals surface area contributed by atoms with Crippen molar-refractivity contribution in [3.05, 3.63) is 36.4 Å². The number of rotatable bonds is 7. The van der Waals surface area contributed by atoms with Crippen LogP contribution in [0.2, 0.25) is 0 Å². The SMILES string of the molecule is COc1cc(F)c(S(=O)(=O)N[C@H](C)Cn2cccn2)cc1OC. The Hall–Kier alpha value is -2.13. The van der Waals surface area contributed by atoms with Gasteiger partial charge in [-0.25, -0.2) is 17.5 Å². The topological polar surface area (TPSA) is 82.5 Å². The third-order valence-electron chi connectivity index (χ3n) is 3.10. The minimum atomic E-state index is -4.05. The molecule has 1 aromatic heterocycles. The van der Waals surface area contributed by atoms with Gasteiger partial charge < -0.3 is 9.47 Å². The number of hydrogen-bond donors (Lipinski definition) is 1. The summed E-state index contributed by atoms with van der Waals surface area (Å²) in [5.74, 6) is -0.663. The fourth-order valence-electron chi connectivity index (χ4n) is 2.10. The van der Waals surface area contributed by atoms with E-state index in [2.05, 4.69) is 9.82 Å². The van der Waals surface area contributed by atoms with Gasteiger partial charge in [-0.2, -0.15) is 5.10 Å². The molecule has 1 atom stereocenters. The smallest absolute Gasteiger partial charge is 0.243 e. The van der Waals surface area contributed by atoms with Crippen LogP contribution >= 0.6 is 0 Å². The summed E-state index contributed by atoms with van der Waals surface area (Å²) in [6.45, 7) is 1.99. The molecule has 0 saturated heterocycles. The highest BCUT2D eigenvalue weighted by atomic mass is 32.2. The predicted molar refractivity (Wildman–Crippen MR) is 81.5 cm³/mol. The molecule has 126 valence electrons. The molecule has 23 heavy (non-hydrogen) atoms. The molecule has 0 aliphatic rings. The van der Waals surface area contributed by atoms with Crippen molar-refractivity contribution in [2.75, 3.05) is 14.2 Å². The molecule has 0 bridgehead atoms. The van der Waals surface area contributed by atoms with Gasteiger partial charge in [0.15, 0.2) is 11.5 Å². The maximum Gasteiger partial charge on any atom is 0.243 e. The quantitative estimate of drug-likeness (QED) is 0.822. The second-order valence-corrected chi connectivity index (χ2v) is 6.57. The van der Waals surface area contributed by atoms with Crippen molar-refractivity contribution in [1.82, 2.24) is 14.5 Å². The number of methoxy groups -OCH3 is 2. The van der Waals surface area contributed by atoms with E-state index in [0.717, 1.165) is 12.1 Å². The summed E-state index contributed by atoms with van der Waals surface area (Å²) in [6.07, 6.45) is 3.30. The number of hydrogen-bond acceptors (Lipinski definition) is 5. The Labute approximate surface area is 134 Å². The molecular weight excluding hydrogens is 325 g/mol. The molecule has 0 radical (unpaired) electrons. The molecule has 0 aliphatic heterocycles. The van der Waals surface area contributed by atoms with Crippen LogP contribution in [0, 0.1) is 5.82 Å². The Morgan fingerprint density at radius 2 is 1.96 bits per heavy atom. The Bertz CT molecular complexity index is 763. The van der Waals surface area contributed by atoms with Crippen LogP contribution in [0.1, 0.15) is 6.92 Å². The highest BCUT2D eigenvalue weighted by Gasteiger charge is 2.24. The van der Waals surface area contributed by atoms with Crippen LogP contribution in [-0.2, 0) is 16.6 Å². The number of nitrogens with one attached hydrogen (secondary N) is 1. The van der Waals surface area contributed by atoms with E-state index in [1.165, 1.54) is 14.2 Å². The summed E-state index contributed by atoms with van der Waals surface area (Å²) in [7, 11) is -1.36. The maximum absolute atomic E-state index is 14.1. The van der Waals surface area contributed by atoms with Crippen LogP contribution < -0.4 is 14.2 Å². The first-order valence-electron chi connectivity index (χ1n) is 6.78. The van der Waals surface area contributed by atoms with Gasteiger partial charge in [-0.15, -0.1) is 0 Å². The van der Waals surface area contributed by atoms with Gasteiger partial charge in [0.2, 0.25) is 10.0 Å². The fourth-order valence-corrected chi connectivity index (χ4v) is 3.41. The highest BCUT2D eigenvalue weighted by molar-refractivity contribution is 7.89. The van der Waals surface area contributed by atoms with E-state index >= 15 is 0 Å². The van der Waals surface area contributed by atoms with Crippen molar-refractivity contribution in [3.63, 3.8) is 0 Å². The average Bonchev–Trinajstić information content (AvgIpc) is 2.98. The standard InChI is InChI=1S/C14H18FN3O4S/c1-10(9-18-6-4-5-16-18)17-23(19,20)14-8-13(22-3)12(21-2)7-11(14)15/h4-8,10,17H,9H2,1-3H3/t10-/m1/s1. The average molecular weight is 343 g/mol. The van der Waals surface area contributed by atoms with Gasteiger partial charge in [0.1, 0.15) is 10.7 Å². The van der Waals surface area contributed by atoms with Crippen LogP contribution in [0.3, 0.4) is 0 Å². The third kappa shape index (κ3) is 3.99. The number of aromatic nitrogens is 2. The zero-order chi connectivity index (χ0) is 17.0. The van der Waals surface area contributed by atoms with E-state index in [4.69, 9.17) is 9.47 Å². The molecule has 7 nitrogen and oxygen atoms in total. The Morgan fingerprint density at radius 1 is 1.30 bits per heavy atom. The summed E-state index contributed by atoms with van der Waals surface area (Å²) < 4.78 is 52.8. The molecule has 2 aromatic rings. The molecule has 0 fully saturated rings. The lowest BCUT2D eigenvalue weighted by Crippen LogP contribution is -2.36. The number of ether oxygens (including phenoxy) is 2.